The second-order valence-electron chi connectivity index (χ2n) is 2.05. The molecular formula is C6H10N2OS. The first kappa shape index (κ1) is 7.47. The van der Waals surface area contributed by atoms with E-state index in [-0.39, 0.29) is 5.91 Å². The molecule has 0 aromatic heterocycles. The van der Waals surface area contributed by atoms with E-state index in [0.717, 1.165) is 23.7 Å². The minimum absolute atomic E-state index is 0.370. The Morgan fingerprint density at radius 1 is 1.80 bits per heavy atom. The van der Waals surface area contributed by atoms with Crippen LogP contribution in [0.4, 0.5) is 0 Å². The first-order valence-electron chi connectivity index (χ1n) is 3.10. The first-order valence-corrected chi connectivity index (χ1v) is 4.26. The summed E-state index contributed by atoms with van der Waals surface area (Å²) in [4.78, 5) is 10.4. The lowest BCUT2D eigenvalue weighted by Crippen LogP contribution is -2.25. The summed E-state index contributed by atoms with van der Waals surface area (Å²) in [7, 11) is 0. The number of primary amides is 1. The fourth-order valence-corrected chi connectivity index (χ4v) is 1.58. The van der Waals surface area contributed by atoms with E-state index >= 15 is 0 Å². The molecule has 0 saturated carbocycles. The van der Waals surface area contributed by atoms with Crippen molar-refractivity contribution < 1.29 is 4.79 Å². The number of amides is 1. The van der Waals surface area contributed by atoms with Crippen molar-refractivity contribution in [2.45, 2.75) is 0 Å². The zero-order chi connectivity index (χ0) is 7.40. The second kappa shape index (κ2) is 3.51. The van der Waals surface area contributed by atoms with Crippen molar-refractivity contribution in [2.75, 3.05) is 18.1 Å². The Balaban J connectivity index is 2.45. The van der Waals surface area contributed by atoms with Gasteiger partial charge in [-0.2, -0.15) is 11.8 Å². The van der Waals surface area contributed by atoms with Gasteiger partial charge in [-0.3, -0.25) is 4.79 Å². The number of rotatable bonds is 1. The standard InChI is InChI=1S/C6H10N2OS/c7-6(9)3-5-4-10-2-1-8-5/h3,8H,1-2,4H2,(H2,7,9)/b5-3-. The number of thioether (sulfide) groups is 1. The minimum Gasteiger partial charge on any atom is -0.387 e. The third kappa shape index (κ3) is 2.31. The Labute approximate surface area is 64.0 Å². The van der Waals surface area contributed by atoms with Crippen molar-refractivity contribution in [2.24, 2.45) is 5.73 Å². The Morgan fingerprint density at radius 3 is 3.10 bits per heavy atom. The summed E-state index contributed by atoms with van der Waals surface area (Å²) in [5, 5.41) is 3.09. The van der Waals surface area contributed by atoms with E-state index in [1.54, 1.807) is 11.8 Å². The summed E-state index contributed by atoms with van der Waals surface area (Å²) in [5.41, 5.74) is 5.91. The van der Waals surface area contributed by atoms with E-state index in [2.05, 4.69) is 5.32 Å². The molecule has 0 aromatic rings. The van der Waals surface area contributed by atoms with E-state index in [9.17, 15) is 4.79 Å². The number of nitrogens with one attached hydrogen (secondary N) is 1. The van der Waals surface area contributed by atoms with Crippen molar-refractivity contribution in [3.8, 4) is 0 Å². The fourth-order valence-electron chi connectivity index (χ4n) is 0.781. The van der Waals surface area contributed by atoms with Gasteiger partial charge in [0.15, 0.2) is 0 Å². The van der Waals surface area contributed by atoms with Crippen molar-refractivity contribution in [3.05, 3.63) is 11.8 Å². The summed E-state index contributed by atoms with van der Waals surface area (Å²) < 4.78 is 0. The van der Waals surface area contributed by atoms with E-state index in [0.29, 0.717) is 0 Å². The lowest BCUT2D eigenvalue weighted by atomic mass is 10.4. The molecule has 1 heterocycles. The van der Waals surface area contributed by atoms with E-state index in [4.69, 9.17) is 5.73 Å². The lowest BCUT2D eigenvalue weighted by Gasteiger charge is -2.15. The molecular weight excluding hydrogens is 148 g/mol. The van der Waals surface area contributed by atoms with Gasteiger partial charge >= 0.3 is 0 Å². The van der Waals surface area contributed by atoms with E-state index < -0.39 is 0 Å². The molecule has 1 saturated heterocycles. The van der Waals surface area contributed by atoms with Crippen LogP contribution in [0.5, 0.6) is 0 Å². The number of hydrogen-bond donors (Lipinski definition) is 2. The SMILES string of the molecule is NC(=O)/C=C1/CSCCN1. The van der Waals surface area contributed by atoms with Gasteiger partial charge in [0.2, 0.25) is 5.91 Å². The van der Waals surface area contributed by atoms with Crippen LogP contribution in [0.3, 0.4) is 0 Å². The summed E-state index contributed by atoms with van der Waals surface area (Å²) in [6.45, 7) is 0.934. The Hall–Kier alpha value is -0.640. The molecule has 1 amide bonds. The van der Waals surface area contributed by atoms with Gasteiger partial charge in [-0.15, -0.1) is 0 Å². The third-order valence-corrected chi connectivity index (χ3v) is 2.18. The van der Waals surface area contributed by atoms with Crippen molar-refractivity contribution >= 4 is 17.7 Å². The van der Waals surface area contributed by atoms with Crippen LogP contribution in [0.1, 0.15) is 0 Å². The highest BCUT2D eigenvalue weighted by molar-refractivity contribution is 7.99. The van der Waals surface area contributed by atoms with Crippen LogP contribution in [-0.4, -0.2) is 24.0 Å². The molecule has 0 aliphatic carbocycles. The van der Waals surface area contributed by atoms with Gasteiger partial charge in [-0.05, 0) is 0 Å². The van der Waals surface area contributed by atoms with Crippen LogP contribution in [0.25, 0.3) is 0 Å². The largest absolute Gasteiger partial charge is 0.387 e. The first-order chi connectivity index (χ1) is 4.79. The molecule has 10 heavy (non-hydrogen) atoms. The lowest BCUT2D eigenvalue weighted by molar-refractivity contribution is -0.113. The van der Waals surface area contributed by atoms with Crippen LogP contribution in [0, 0.1) is 0 Å². The highest BCUT2D eigenvalue weighted by atomic mass is 32.2. The van der Waals surface area contributed by atoms with Gasteiger partial charge in [0, 0.05) is 29.8 Å². The monoisotopic (exact) mass is 158 g/mol. The Morgan fingerprint density at radius 2 is 2.60 bits per heavy atom. The molecule has 56 valence electrons. The molecule has 1 aliphatic rings. The molecule has 3 N–H and O–H groups in total. The van der Waals surface area contributed by atoms with Crippen LogP contribution < -0.4 is 11.1 Å². The second-order valence-corrected chi connectivity index (χ2v) is 3.16. The predicted octanol–water partition coefficient (Wildman–Crippen LogP) is -0.308. The molecule has 0 atom stereocenters. The smallest absolute Gasteiger partial charge is 0.243 e. The Bertz CT molecular complexity index is 159. The number of nitrogens with two attached hydrogens (primary N) is 1. The van der Waals surface area contributed by atoms with Crippen molar-refractivity contribution in [3.63, 3.8) is 0 Å². The van der Waals surface area contributed by atoms with Gasteiger partial charge < -0.3 is 11.1 Å². The van der Waals surface area contributed by atoms with Crippen molar-refractivity contribution in [1.29, 1.82) is 0 Å². The fraction of sp³-hybridized carbons (Fsp3) is 0.500. The molecule has 1 fully saturated rings. The molecule has 1 rings (SSSR count). The van der Waals surface area contributed by atoms with Crippen LogP contribution >= 0.6 is 11.8 Å². The molecule has 3 nitrogen and oxygen atoms in total. The molecule has 0 aromatic carbocycles. The molecule has 1 aliphatic heterocycles. The van der Waals surface area contributed by atoms with Crippen LogP contribution in [0.15, 0.2) is 11.8 Å². The summed E-state index contributed by atoms with van der Waals surface area (Å²) in [6, 6.07) is 0. The van der Waals surface area contributed by atoms with E-state index in [1.807, 2.05) is 0 Å². The highest BCUT2D eigenvalue weighted by Gasteiger charge is 2.03. The van der Waals surface area contributed by atoms with Crippen LogP contribution in [0.2, 0.25) is 0 Å². The van der Waals surface area contributed by atoms with Crippen molar-refractivity contribution in [1.82, 2.24) is 5.32 Å². The molecule has 0 unspecified atom stereocenters. The van der Waals surface area contributed by atoms with Gasteiger partial charge in [0.1, 0.15) is 0 Å². The Kier molecular flexibility index (Phi) is 2.62. The minimum atomic E-state index is -0.370. The van der Waals surface area contributed by atoms with Gasteiger partial charge in [-0.1, -0.05) is 0 Å². The third-order valence-electron chi connectivity index (χ3n) is 1.17. The zero-order valence-electron chi connectivity index (χ0n) is 5.59. The summed E-state index contributed by atoms with van der Waals surface area (Å²) in [5.74, 6) is 1.61. The van der Waals surface area contributed by atoms with Crippen LogP contribution in [-0.2, 0) is 4.79 Å². The maximum absolute atomic E-state index is 10.4. The molecule has 4 heteroatoms. The zero-order valence-corrected chi connectivity index (χ0v) is 6.41. The average Bonchev–Trinajstić information content (AvgIpc) is 1.88. The molecule has 0 radical (unpaired) electrons. The summed E-state index contributed by atoms with van der Waals surface area (Å²) >= 11 is 1.81. The maximum atomic E-state index is 10.4. The summed E-state index contributed by atoms with van der Waals surface area (Å²) in [6.07, 6.45) is 1.45. The average molecular weight is 158 g/mol. The van der Waals surface area contributed by atoms with Gasteiger partial charge in [0.25, 0.3) is 0 Å². The topological polar surface area (TPSA) is 55.1 Å². The normalized spacial score (nSPS) is 22.2. The number of carbonyl (C=O) groups excluding carboxylic acids is 1. The number of carbonyl (C=O) groups is 1. The molecule has 0 bridgehead atoms. The predicted molar refractivity (Wildman–Crippen MR) is 42.6 cm³/mol. The van der Waals surface area contributed by atoms with Gasteiger partial charge in [-0.25, -0.2) is 0 Å². The molecule has 0 spiro atoms. The van der Waals surface area contributed by atoms with Gasteiger partial charge in [0.05, 0.1) is 0 Å². The number of hydrogen-bond acceptors (Lipinski definition) is 3. The van der Waals surface area contributed by atoms with E-state index in [1.165, 1.54) is 6.08 Å². The quantitative estimate of drug-likeness (QED) is 0.515. The maximum Gasteiger partial charge on any atom is 0.243 e. The highest BCUT2D eigenvalue weighted by Crippen LogP contribution is 2.09.